The van der Waals surface area contributed by atoms with Crippen molar-refractivity contribution in [3.63, 3.8) is 0 Å². The summed E-state index contributed by atoms with van der Waals surface area (Å²) < 4.78 is 89.7. The van der Waals surface area contributed by atoms with E-state index in [0.29, 0.717) is 48.4 Å². The van der Waals surface area contributed by atoms with Crippen molar-refractivity contribution in [3.05, 3.63) is 59.9 Å². The molecule has 4 heterocycles. The molecule has 0 radical (unpaired) electrons. The number of halogens is 3. The Morgan fingerprint density at radius 1 is 1.12 bits per heavy atom. The molecule has 0 unspecified atom stereocenters. The molecular weight excluding hydrogens is 665 g/mol. The molecule has 0 bridgehead atoms. The highest BCUT2D eigenvalue weighted by Crippen LogP contribution is 2.39. The van der Waals surface area contributed by atoms with Gasteiger partial charge in [0.1, 0.15) is 33.8 Å². The molecule has 0 saturated carbocycles. The lowest BCUT2D eigenvalue weighted by molar-refractivity contribution is -0.137. The van der Waals surface area contributed by atoms with Crippen LogP contribution in [0.3, 0.4) is 0 Å². The Labute approximate surface area is 283 Å². The van der Waals surface area contributed by atoms with Crippen molar-refractivity contribution in [1.82, 2.24) is 29.5 Å². The van der Waals surface area contributed by atoms with Crippen molar-refractivity contribution >= 4 is 15.9 Å². The summed E-state index contributed by atoms with van der Waals surface area (Å²) >= 11 is 0. The summed E-state index contributed by atoms with van der Waals surface area (Å²) in [6.07, 6.45) is -2.30. The zero-order chi connectivity index (χ0) is 35.0. The van der Waals surface area contributed by atoms with Crippen LogP contribution >= 0.6 is 0 Å². The molecule has 6 rings (SSSR count). The molecule has 2 saturated heterocycles. The van der Waals surface area contributed by atoms with Crippen LogP contribution in [0.1, 0.15) is 50.8 Å². The van der Waals surface area contributed by atoms with E-state index in [0.717, 1.165) is 36.1 Å². The van der Waals surface area contributed by atoms with E-state index in [1.165, 1.54) is 4.68 Å². The van der Waals surface area contributed by atoms with E-state index >= 15 is 0 Å². The summed E-state index contributed by atoms with van der Waals surface area (Å²) in [6.45, 7) is 6.38. The van der Waals surface area contributed by atoms with Crippen molar-refractivity contribution in [3.8, 4) is 17.2 Å². The molecule has 2 fully saturated rings. The fraction of sp³-hybridized carbons (Fsp3) is 0.545. The van der Waals surface area contributed by atoms with Crippen LogP contribution in [0.25, 0.3) is 5.69 Å². The highest BCUT2D eigenvalue weighted by molar-refractivity contribution is 7.89. The van der Waals surface area contributed by atoms with Gasteiger partial charge in [0.15, 0.2) is 0 Å². The number of fused-ring (bicyclic) bond motifs is 2. The summed E-state index contributed by atoms with van der Waals surface area (Å²) in [5.74, 6) is 0.354. The minimum Gasteiger partial charge on any atom is -0.494 e. The number of methoxy groups -OCH3 is 1. The molecule has 1 N–H and O–H groups in total. The predicted molar refractivity (Wildman–Crippen MR) is 172 cm³/mol. The molecule has 1 spiro atoms. The largest absolute Gasteiger partial charge is 0.494 e. The Morgan fingerprint density at radius 3 is 2.59 bits per heavy atom. The van der Waals surface area contributed by atoms with Crippen molar-refractivity contribution in [1.29, 1.82) is 0 Å². The maximum atomic E-state index is 14.2. The van der Waals surface area contributed by atoms with Crippen LogP contribution in [0.5, 0.6) is 11.5 Å². The zero-order valence-electron chi connectivity index (χ0n) is 27.6. The lowest BCUT2D eigenvalue weighted by Crippen LogP contribution is -2.59. The number of rotatable bonds is 7. The number of para-hydroxylation sites is 2. The number of alkyl halides is 3. The van der Waals surface area contributed by atoms with Crippen molar-refractivity contribution < 1.29 is 40.6 Å². The molecule has 3 aliphatic rings. The van der Waals surface area contributed by atoms with E-state index in [2.05, 4.69) is 34.4 Å². The quantitative estimate of drug-likeness (QED) is 0.388. The maximum absolute atomic E-state index is 14.2. The number of amides is 1. The Balaban J connectivity index is 1.28. The summed E-state index contributed by atoms with van der Waals surface area (Å²) in [5.41, 5.74) is -0.702. The van der Waals surface area contributed by atoms with Gasteiger partial charge in [-0.1, -0.05) is 31.2 Å². The third-order valence-electron chi connectivity index (χ3n) is 9.38. The molecule has 2 atom stereocenters. The number of benzene rings is 2. The van der Waals surface area contributed by atoms with Crippen molar-refractivity contribution in [2.24, 2.45) is 5.92 Å². The highest BCUT2D eigenvalue weighted by Gasteiger charge is 2.48. The number of carbonyl (C=O) groups excluding carboxylic acids is 1. The molecule has 1 amide bonds. The molecule has 3 aliphatic heterocycles. The Morgan fingerprint density at radius 2 is 1.88 bits per heavy atom. The Bertz CT molecular complexity index is 1760. The molecule has 2 aromatic carbocycles. The number of ether oxygens (including phenoxy) is 3. The second kappa shape index (κ2) is 13.9. The van der Waals surface area contributed by atoms with Crippen molar-refractivity contribution in [2.45, 2.75) is 74.9 Å². The number of hydrogen-bond acceptors (Lipinski definition) is 9. The topological polar surface area (TPSA) is 128 Å². The number of likely N-dealkylation sites (tertiary alicyclic amines) is 1. The number of nitrogens with zero attached hydrogens (tertiary/aromatic N) is 5. The third-order valence-corrected chi connectivity index (χ3v) is 11.3. The first-order chi connectivity index (χ1) is 23.3. The number of carbonyl (C=O) groups is 1. The van der Waals surface area contributed by atoms with Gasteiger partial charge in [0.25, 0.3) is 0 Å². The standard InChI is InChI=1S/C33H41F3N6O6S/c1-22(2)18-40-13-10-32(11-14-40)12-15-47-29-9-8-23(33(34,35)36)16-30(29)49(44,45)42-20-25(17-27(42)31(43)37-32)48-21-24-19-41(39-38-24)26-6-4-5-7-28(26)46-3/h4-9,16,19,22,25,27H,10-15,17-18,20-21H2,1-3H3,(H,37,43)/t25-,27+/m1/s1. The number of hydrogen-bond donors (Lipinski definition) is 1. The second-order valence-corrected chi connectivity index (χ2v) is 15.2. The van der Waals surface area contributed by atoms with Gasteiger partial charge in [0, 0.05) is 44.6 Å². The molecule has 0 aliphatic carbocycles. The molecule has 3 aromatic rings. The van der Waals surface area contributed by atoms with E-state index in [1.807, 2.05) is 18.2 Å². The van der Waals surface area contributed by atoms with Crippen LogP contribution in [-0.4, -0.2) is 96.1 Å². The number of sulfonamides is 1. The lowest BCUT2D eigenvalue weighted by atomic mass is 9.83. The molecule has 1 aromatic heterocycles. The summed E-state index contributed by atoms with van der Waals surface area (Å²) in [5, 5.41) is 11.5. The molecule has 266 valence electrons. The van der Waals surface area contributed by atoms with E-state index in [-0.39, 0.29) is 31.9 Å². The van der Waals surface area contributed by atoms with Crippen LogP contribution < -0.4 is 14.8 Å². The van der Waals surface area contributed by atoms with E-state index < -0.39 is 50.3 Å². The first-order valence-electron chi connectivity index (χ1n) is 16.3. The van der Waals surface area contributed by atoms with Crippen LogP contribution in [0.4, 0.5) is 13.2 Å². The third kappa shape index (κ3) is 7.56. The van der Waals surface area contributed by atoms with Gasteiger partial charge in [-0.25, -0.2) is 13.1 Å². The number of piperidine rings is 1. The average Bonchev–Trinajstić information content (AvgIpc) is 3.72. The van der Waals surface area contributed by atoms with Crippen LogP contribution in [0.2, 0.25) is 0 Å². The lowest BCUT2D eigenvalue weighted by Gasteiger charge is -2.43. The van der Waals surface area contributed by atoms with Gasteiger partial charge < -0.3 is 24.4 Å². The van der Waals surface area contributed by atoms with Gasteiger partial charge in [-0.15, -0.1) is 5.10 Å². The average molecular weight is 707 g/mol. The van der Waals surface area contributed by atoms with E-state index in [1.54, 1.807) is 19.4 Å². The fourth-order valence-electron chi connectivity index (χ4n) is 6.85. The van der Waals surface area contributed by atoms with E-state index in [4.69, 9.17) is 14.2 Å². The molecule has 12 nitrogen and oxygen atoms in total. The first kappa shape index (κ1) is 35.1. The monoisotopic (exact) mass is 706 g/mol. The van der Waals surface area contributed by atoms with Gasteiger partial charge in [0.05, 0.1) is 38.2 Å². The van der Waals surface area contributed by atoms with Gasteiger partial charge >= 0.3 is 6.18 Å². The number of nitrogens with one attached hydrogen (secondary N) is 1. The smallest absolute Gasteiger partial charge is 0.416 e. The van der Waals surface area contributed by atoms with Gasteiger partial charge in [-0.05, 0) is 49.1 Å². The second-order valence-electron chi connectivity index (χ2n) is 13.3. The Hall–Kier alpha value is -3.73. The van der Waals surface area contributed by atoms with Crippen LogP contribution in [0, 0.1) is 5.92 Å². The Kier molecular flexibility index (Phi) is 9.95. The summed E-state index contributed by atoms with van der Waals surface area (Å²) in [7, 11) is -3.11. The normalized spacial score (nSPS) is 23.0. The van der Waals surface area contributed by atoms with Crippen LogP contribution in [0.15, 0.2) is 53.6 Å². The molecule has 49 heavy (non-hydrogen) atoms. The van der Waals surface area contributed by atoms with E-state index in [9.17, 15) is 26.4 Å². The van der Waals surface area contributed by atoms with Gasteiger partial charge in [-0.3, -0.25) is 4.79 Å². The zero-order valence-corrected chi connectivity index (χ0v) is 28.5. The summed E-state index contributed by atoms with van der Waals surface area (Å²) in [6, 6.07) is 8.46. The first-order valence-corrected chi connectivity index (χ1v) is 17.8. The molecular formula is C33H41F3N6O6S. The van der Waals surface area contributed by atoms with Gasteiger partial charge in [0.2, 0.25) is 15.9 Å². The van der Waals surface area contributed by atoms with Crippen LogP contribution in [-0.2, 0) is 32.3 Å². The predicted octanol–water partition coefficient (Wildman–Crippen LogP) is 4.03. The SMILES string of the molecule is COc1ccccc1-n1cc(CO[C@@H]2C[C@H]3C(=O)NC4(CCOc5ccc(C(F)(F)F)cc5S(=O)(=O)N3C2)CCN(CC(C)C)CC4)nn1. The molecule has 16 heteroatoms. The number of aromatic nitrogens is 3. The minimum atomic E-state index is -4.79. The minimum absolute atomic E-state index is 0.00356. The fourth-order valence-corrected chi connectivity index (χ4v) is 8.64. The van der Waals surface area contributed by atoms with Gasteiger partial charge in [-0.2, -0.15) is 17.5 Å². The highest BCUT2D eigenvalue weighted by atomic mass is 32.2. The maximum Gasteiger partial charge on any atom is 0.416 e. The summed E-state index contributed by atoms with van der Waals surface area (Å²) in [4.78, 5) is 15.8. The van der Waals surface area contributed by atoms with Crippen molar-refractivity contribution in [2.75, 3.05) is 39.9 Å².